The molecule has 4 aliphatic heterocycles. The molecule has 0 spiro atoms. The minimum atomic E-state index is -0.289. The average molecular weight is 877 g/mol. The molecule has 336 valence electrons. The molecule has 0 radical (unpaired) electrons. The highest BCUT2D eigenvalue weighted by atomic mass is 16.2. The van der Waals surface area contributed by atoms with Gasteiger partial charge in [-0.3, -0.25) is 19.2 Å². The quantitative estimate of drug-likeness (QED) is 0.0691. The van der Waals surface area contributed by atoms with Gasteiger partial charge in [-0.05, 0) is 127 Å². The number of hydrogen-bond acceptors (Lipinski definition) is 6. The highest BCUT2D eigenvalue weighted by Gasteiger charge is 2.42. The molecule has 0 aromatic heterocycles. The molecule has 8 nitrogen and oxygen atoms in total. The minimum absolute atomic E-state index is 0.270. The number of fused-ring (bicyclic) bond motifs is 2. The van der Waals surface area contributed by atoms with Crippen molar-refractivity contribution in [3.05, 3.63) is 117 Å². The van der Waals surface area contributed by atoms with E-state index < -0.39 is 0 Å². The summed E-state index contributed by atoms with van der Waals surface area (Å²) >= 11 is 0. The third-order valence-electron chi connectivity index (χ3n) is 15.1. The smallest absolute Gasteiger partial charge is 0.266 e. The monoisotopic (exact) mass is 876 g/mol. The Balaban J connectivity index is 1.24. The first-order chi connectivity index (χ1) is 32.3. The SMILES string of the molecule is CCCc1cccc(CCC)c1N1C(=O)c2ccc3c4c(N5CCCCC5)cc5c6c(cc(N7CCCCC7)c(c7ccc(c2c37)C1=O)c64)C(=O)N(c1c(CCC)cccc1CCC)C5=O. The van der Waals surface area contributed by atoms with Crippen LogP contribution in [0, 0.1) is 0 Å². The fraction of sp³-hybridized carbons (Fsp3) is 0.379. The van der Waals surface area contributed by atoms with Crippen LogP contribution in [0.15, 0.2) is 72.8 Å². The van der Waals surface area contributed by atoms with E-state index in [1.54, 1.807) is 0 Å². The van der Waals surface area contributed by atoms with Gasteiger partial charge < -0.3 is 9.80 Å². The van der Waals surface area contributed by atoms with E-state index in [1.807, 2.05) is 12.1 Å². The van der Waals surface area contributed by atoms with Gasteiger partial charge in [0.1, 0.15) is 0 Å². The molecule has 11 rings (SSSR count). The van der Waals surface area contributed by atoms with Crippen molar-refractivity contribution in [1.82, 2.24) is 0 Å². The Bertz CT molecular complexity index is 2960. The van der Waals surface area contributed by atoms with Crippen LogP contribution in [0.25, 0.3) is 43.1 Å². The number of imide groups is 2. The first-order valence-corrected chi connectivity index (χ1v) is 25.1. The van der Waals surface area contributed by atoms with E-state index in [0.29, 0.717) is 33.0 Å². The summed E-state index contributed by atoms with van der Waals surface area (Å²) in [6.45, 7) is 12.0. The summed E-state index contributed by atoms with van der Waals surface area (Å²) in [5, 5.41) is 7.13. The van der Waals surface area contributed by atoms with E-state index >= 15 is 19.2 Å². The predicted octanol–water partition coefficient (Wildman–Crippen LogP) is 13.1. The first kappa shape index (κ1) is 42.4. The zero-order valence-corrected chi connectivity index (χ0v) is 39.1. The molecule has 0 atom stereocenters. The molecule has 0 unspecified atom stereocenters. The number of carbonyl (C=O) groups is 4. The van der Waals surface area contributed by atoms with E-state index in [2.05, 4.69) is 98.2 Å². The van der Waals surface area contributed by atoms with Crippen molar-refractivity contribution in [3.8, 4) is 0 Å². The number of aryl methyl sites for hydroxylation is 4. The van der Waals surface area contributed by atoms with Crippen molar-refractivity contribution in [2.75, 3.05) is 45.8 Å². The molecule has 0 saturated carbocycles. The molecule has 4 heterocycles. The second-order valence-electron chi connectivity index (χ2n) is 19.3. The summed E-state index contributed by atoms with van der Waals surface area (Å²) < 4.78 is 0. The Hall–Kier alpha value is -6.28. The molecular formula is C58H60N4O4. The van der Waals surface area contributed by atoms with Crippen LogP contribution >= 0.6 is 0 Å². The van der Waals surface area contributed by atoms with Crippen molar-refractivity contribution < 1.29 is 19.2 Å². The Morgan fingerprint density at radius 3 is 1.09 bits per heavy atom. The number of benzene rings is 7. The van der Waals surface area contributed by atoms with Gasteiger partial charge in [0.25, 0.3) is 23.6 Å². The number of carbonyl (C=O) groups excluding carboxylic acids is 4. The molecule has 7 aromatic carbocycles. The maximum Gasteiger partial charge on any atom is 0.266 e. The molecule has 2 fully saturated rings. The molecule has 0 N–H and O–H groups in total. The molecule has 4 amide bonds. The number of anilines is 4. The van der Waals surface area contributed by atoms with Crippen LogP contribution in [0.1, 0.15) is 156 Å². The summed E-state index contributed by atoms with van der Waals surface area (Å²) in [6, 6.07) is 24.7. The molecule has 66 heavy (non-hydrogen) atoms. The standard InChI is InChI=1S/C58H60N4O4/c1-5-17-35-21-15-22-36(18-6-2)53(35)61-55(63)41-27-25-39-47-40(26-28-42(48(41)47)56(61)64)51-46(60-31-13-10-14-32-60)34-44-49-43(33-45(50(39)52(49)51)59-29-11-9-12-30-59)57(65)62(58(44)66)54-37(19-7-3)23-16-24-38(54)20-8-4/h15-16,21-28,33-34H,5-14,17-20,29-32H2,1-4H3. The van der Waals surface area contributed by atoms with Crippen molar-refractivity contribution >= 4 is 89.5 Å². The maximum atomic E-state index is 15.6. The van der Waals surface area contributed by atoms with Gasteiger partial charge in [0.05, 0.1) is 22.5 Å². The van der Waals surface area contributed by atoms with Crippen LogP contribution in [-0.4, -0.2) is 49.8 Å². The van der Waals surface area contributed by atoms with Crippen molar-refractivity contribution in [2.24, 2.45) is 0 Å². The molecule has 7 aromatic rings. The summed E-state index contributed by atoms with van der Waals surface area (Å²) in [5.41, 5.74) is 9.73. The minimum Gasteiger partial charge on any atom is -0.371 e. The van der Waals surface area contributed by atoms with Gasteiger partial charge in [0.2, 0.25) is 0 Å². The summed E-state index contributed by atoms with van der Waals surface area (Å²) in [5.74, 6) is -1.12. The van der Waals surface area contributed by atoms with Gasteiger partial charge in [0.15, 0.2) is 0 Å². The Labute approximate surface area is 387 Å². The van der Waals surface area contributed by atoms with Crippen LogP contribution in [-0.2, 0) is 25.7 Å². The summed E-state index contributed by atoms with van der Waals surface area (Å²) in [6.07, 6.45) is 13.1. The van der Waals surface area contributed by atoms with E-state index in [4.69, 9.17) is 0 Å². The third kappa shape index (κ3) is 6.30. The lowest BCUT2D eigenvalue weighted by atomic mass is 9.80. The number of hydrogen-bond donors (Lipinski definition) is 0. The fourth-order valence-electron chi connectivity index (χ4n) is 12.3. The fourth-order valence-corrected chi connectivity index (χ4v) is 12.3. The molecule has 0 bridgehead atoms. The van der Waals surface area contributed by atoms with Gasteiger partial charge in [-0.2, -0.15) is 0 Å². The van der Waals surface area contributed by atoms with Crippen molar-refractivity contribution in [1.29, 1.82) is 0 Å². The predicted molar refractivity (Wildman–Crippen MR) is 271 cm³/mol. The zero-order valence-electron chi connectivity index (χ0n) is 39.1. The molecule has 0 aliphatic carbocycles. The van der Waals surface area contributed by atoms with Crippen LogP contribution in [0.3, 0.4) is 0 Å². The van der Waals surface area contributed by atoms with Crippen LogP contribution in [0.2, 0.25) is 0 Å². The van der Waals surface area contributed by atoms with Gasteiger partial charge in [-0.1, -0.05) is 102 Å². The lowest BCUT2D eigenvalue weighted by Crippen LogP contribution is -2.42. The van der Waals surface area contributed by atoms with Crippen LogP contribution < -0.4 is 19.6 Å². The number of piperidine rings is 2. The molecular weight excluding hydrogens is 817 g/mol. The Kier molecular flexibility index (Phi) is 10.8. The maximum absolute atomic E-state index is 15.6. The molecule has 8 heteroatoms. The highest BCUT2D eigenvalue weighted by Crippen LogP contribution is 2.53. The second kappa shape index (κ2) is 16.9. The highest BCUT2D eigenvalue weighted by molar-refractivity contribution is 6.48. The van der Waals surface area contributed by atoms with E-state index in [1.165, 1.54) is 9.80 Å². The Morgan fingerprint density at radius 2 is 0.727 bits per heavy atom. The van der Waals surface area contributed by atoms with Gasteiger partial charge in [-0.25, -0.2) is 9.80 Å². The number of para-hydroxylation sites is 2. The number of rotatable bonds is 12. The molecule has 2 saturated heterocycles. The summed E-state index contributed by atoms with van der Waals surface area (Å²) in [4.78, 5) is 69.5. The number of nitrogens with zero attached hydrogens (tertiary/aromatic N) is 4. The van der Waals surface area contributed by atoms with E-state index in [0.717, 1.165) is 193 Å². The topological polar surface area (TPSA) is 81.2 Å². The molecule has 4 aliphatic rings. The van der Waals surface area contributed by atoms with Gasteiger partial charge in [-0.15, -0.1) is 0 Å². The van der Waals surface area contributed by atoms with E-state index in [9.17, 15) is 0 Å². The van der Waals surface area contributed by atoms with Crippen molar-refractivity contribution in [2.45, 2.75) is 118 Å². The van der Waals surface area contributed by atoms with Crippen LogP contribution in [0.4, 0.5) is 22.7 Å². The normalized spacial score (nSPS) is 16.7. The lowest BCUT2D eigenvalue weighted by molar-refractivity contribution is 0.0877. The lowest BCUT2D eigenvalue weighted by Gasteiger charge is -2.37. The van der Waals surface area contributed by atoms with E-state index in [-0.39, 0.29) is 23.6 Å². The van der Waals surface area contributed by atoms with Gasteiger partial charge >= 0.3 is 0 Å². The first-order valence-electron chi connectivity index (χ1n) is 25.1. The van der Waals surface area contributed by atoms with Crippen LogP contribution in [0.5, 0.6) is 0 Å². The average Bonchev–Trinajstić information content (AvgIpc) is 3.34. The summed E-state index contributed by atoms with van der Waals surface area (Å²) in [7, 11) is 0. The number of amides is 4. The second-order valence-corrected chi connectivity index (χ2v) is 19.3. The largest absolute Gasteiger partial charge is 0.371 e. The zero-order chi connectivity index (χ0) is 45.4. The third-order valence-corrected chi connectivity index (χ3v) is 15.1. The van der Waals surface area contributed by atoms with Crippen molar-refractivity contribution in [3.63, 3.8) is 0 Å². The Morgan fingerprint density at radius 1 is 0.379 bits per heavy atom. The van der Waals surface area contributed by atoms with Gasteiger partial charge in [0, 0.05) is 75.6 Å².